The van der Waals surface area contributed by atoms with Gasteiger partial charge < -0.3 is 28.6 Å². The monoisotopic (exact) mass is 553 g/mol. The average Bonchev–Trinajstić information content (AvgIpc) is 3.80. The molecule has 0 saturated carbocycles. The third-order valence-electron chi connectivity index (χ3n) is 7.34. The lowest BCUT2D eigenvalue weighted by molar-refractivity contribution is -0.188. The predicted octanol–water partition coefficient (Wildman–Crippen LogP) is 4.86. The summed E-state index contributed by atoms with van der Waals surface area (Å²) in [4.78, 5) is 9.05. The van der Waals surface area contributed by atoms with Crippen LogP contribution in [0.25, 0.3) is 11.3 Å². The molecule has 4 aromatic rings. The molecule has 2 aliphatic rings. The van der Waals surface area contributed by atoms with Crippen LogP contribution in [0.2, 0.25) is 0 Å². The van der Waals surface area contributed by atoms with E-state index in [1.54, 1.807) is 6.20 Å². The van der Waals surface area contributed by atoms with Gasteiger partial charge in [-0.1, -0.05) is 17.0 Å². The fourth-order valence-corrected chi connectivity index (χ4v) is 5.03. The van der Waals surface area contributed by atoms with Gasteiger partial charge >= 0.3 is 0 Å². The standard InChI is InChI=1S/C32H35N5O4/c1-23(40-31-4-2-3-16-39-31)32-33-14-15-37(32)21-29-18-30(41-36-29)26-10-7-24(8-11-26)5-6-25-9-12-27(34-19-25)20-35-28-13-17-38-22-28/h7-12,14-15,18-19,23,28,31,35H,2-4,13,16-17,20-22H2,1H3/t23-,28?,31?/m0/s1. The molecule has 212 valence electrons. The Morgan fingerprint density at radius 3 is 2.68 bits per heavy atom. The summed E-state index contributed by atoms with van der Waals surface area (Å²) in [7, 11) is 0. The van der Waals surface area contributed by atoms with Gasteiger partial charge in [0.15, 0.2) is 12.1 Å². The van der Waals surface area contributed by atoms with Crippen molar-refractivity contribution >= 4 is 0 Å². The zero-order valence-corrected chi connectivity index (χ0v) is 23.3. The summed E-state index contributed by atoms with van der Waals surface area (Å²) < 4.78 is 24.9. The van der Waals surface area contributed by atoms with E-state index in [0.717, 1.165) is 86.0 Å². The van der Waals surface area contributed by atoms with Crippen molar-refractivity contribution in [2.45, 2.75) is 64.1 Å². The normalized spacial score (nSPS) is 19.5. The molecule has 0 bridgehead atoms. The molecule has 0 radical (unpaired) electrons. The van der Waals surface area contributed by atoms with Gasteiger partial charge in [0.2, 0.25) is 0 Å². The van der Waals surface area contributed by atoms with Crippen molar-refractivity contribution in [1.82, 2.24) is 25.0 Å². The molecule has 2 fully saturated rings. The number of nitrogens with zero attached hydrogens (tertiary/aromatic N) is 4. The van der Waals surface area contributed by atoms with Gasteiger partial charge in [-0.2, -0.15) is 0 Å². The minimum absolute atomic E-state index is 0.169. The van der Waals surface area contributed by atoms with E-state index in [-0.39, 0.29) is 12.4 Å². The van der Waals surface area contributed by atoms with Gasteiger partial charge in [0.1, 0.15) is 17.6 Å². The van der Waals surface area contributed by atoms with Crippen LogP contribution in [0.1, 0.15) is 67.1 Å². The second-order valence-electron chi connectivity index (χ2n) is 10.5. The van der Waals surface area contributed by atoms with Crippen molar-refractivity contribution < 1.29 is 18.7 Å². The van der Waals surface area contributed by atoms with Crippen LogP contribution < -0.4 is 5.32 Å². The van der Waals surface area contributed by atoms with Gasteiger partial charge in [-0.15, -0.1) is 0 Å². The van der Waals surface area contributed by atoms with Gasteiger partial charge in [-0.05, 0) is 69.0 Å². The van der Waals surface area contributed by atoms with Crippen molar-refractivity contribution in [3.63, 3.8) is 0 Å². The number of hydrogen-bond donors (Lipinski definition) is 1. The van der Waals surface area contributed by atoms with Gasteiger partial charge in [0.25, 0.3) is 0 Å². The second-order valence-corrected chi connectivity index (χ2v) is 10.5. The lowest BCUT2D eigenvalue weighted by Gasteiger charge is -2.26. The number of rotatable bonds is 9. The Morgan fingerprint density at radius 2 is 1.90 bits per heavy atom. The summed E-state index contributed by atoms with van der Waals surface area (Å²) in [6, 6.07) is 14.4. The Labute approximate surface area is 240 Å². The number of benzene rings is 1. The van der Waals surface area contributed by atoms with E-state index in [2.05, 4.69) is 32.3 Å². The van der Waals surface area contributed by atoms with E-state index in [1.165, 1.54) is 0 Å². The summed E-state index contributed by atoms with van der Waals surface area (Å²) in [5.41, 5.74) is 4.55. The molecule has 5 heterocycles. The van der Waals surface area contributed by atoms with Crippen molar-refractivity contribution in [3.05, 3.63) is 89.4 Å². The lowest BCUT2D eigenvalue weighted by Crippen LogP contribution is -2.28. The van der Waals surface area contributed by atoms with Crippen molar-refractivity contribution in [1.29, 1.82) is 0 Å². The molecule has 9 nitrogen and oxygen atoms in total. The van der Waals surface area contributed by atoms with Gasteiger partial charge in [0, 0.05) is 67.1 Å². The van der Waals surface area contributed by atoms with Crippen LogP contribution in [0.15, 0.2) is 65.6 Å². The van der Waals surface area contributed by atoms with Gasteiger partial charge in [0.05, 0.1) is 18.8 Å². The Bertz CT molecular complexity index is 1460. The maximum Gasteiger partial charge on any atom is 0.167 e. The Kier molecular flexibility index (Phi) is 8.83. The molecule has 1 N–H and O–H groups in total. The molecular formula is C32H35N5O4. The van der Waals surface area contributed by atoms with Crippen LogP contribution in [0.4, 0.5) is 0 Å². The summed E-state index contributed by atoms with van der Waals surface area (Å²) in [5, 5.41) is 7.77. The zero-order valence-electron chi connectivity index (χ0n) is 23.3. The summed E-state index contributed by atoms with van der Waals surface area (Å²) in [5.74, 6) is 7.96. The highest BCUT2D eigenvalue weighted by atomic mass is 16.7. The topological polar surface area (TPSA) is 96.5 Å². The maximum atomic E-state index is 6.11. The third-order valence-corrected chi connectivity index (χ3v) is 7.34. The van der Waals surface area contributed by atoms with Crippen LogP contribution in [0.5, 0.6) is 0 Å². The second kappa shape index (κ2) is 13.2. The molecule has 0 aliphatic carbocycles. The van der Waals surface area contributed by atoms with Crippen molar-refractivity contribution in [3.8, 4) is 23.2 Å². The molecule has 6 rings (SSSR count). The SMILES string of the molecule is C[C@H](OC1CCCCO1)c1nccn1Cc1cc(-c2ccc(C#Cc3ccc(CNC4CCOC4)nc3)cc2)on1. The fourth-order valence-electron chi connectivity index (χ4n) is 5.03. The zero-order chi connectivity index (χ0) is 27.9. The third kappa shape index (κ3) is 7.29. The van der Waals surface area contributed by atoms with E-state index in [4.69, 9.17) is 18.7 Å². The highest BCUT2D eigenvalue weighted by Crippen LogP contribution is 2.25. The first kappa shape index (κ1) is 27.4. The van der Waals surface area contributed by atoms with E-state index in [0.29, 0.717) is 18.3 Å². The molecule has 2 unspecified atom stereocenters. The van der Waals surface area contributed by atoms with Crippen LogP contribution in [0.3, 0.4) is 0 Å². The van der Waals surface area contributed by atoms with Gasteiger partial charge in [-0.3, -0.25) is 4.98 Å². The van der Waals surface area contributed by atoms with Gasteiger partial charge in [-0.25, -0.2) is 4.98 Å². The first-order valence-electron chi connectivity index (χ1n) is 14.3. The molecule has 2 saturated heterocycles. The number of nitrogens with one attached hydrogen (secondary N) is 1. The Morgan fingerprint density at radius 1 is 1.02 bits per heavy atom. The molecule has 0 spiro atoms. The number of aromatic nitrogens is 4. The molecule has 2 aliphatic heterocycles. The maximum absolute atomic E-state index is 6.11. The first-order valence-corrected chi connectivity index (χ1v) is 14.3. The Balaban J connectivity index is 1.04. The fraction of sp³-hybridized carbons (Fsp3) is 0.406. The molecular weight excluding hydrogens is 518 g/mol. The summed E-state index contributed by atoms with van der Waals surface area (Å²) >= 11 is 0. The smallest absolute Gasteiger partial charge is 0.167 e. The van der Waals surface area contributed by atoms with Crippen LogP contribution in [0, 0.1) is 11.8 Å². The van der Waals surface area contributed by atoms with Crippen molar-refractivity contribution in [2.24, 2.45) is 0 Å². The average molecular weight is 554 g/mol. The molecule has 1 aromatic carbocycles. The number of hydrogen-bond acceptors (Lipinski definition) is 8. The van der Waals surface area contributed by atoms with E-state index < -0.39 is 0 Å². The largest absolute Gasteiger partial charge is 0.380 e. The summed E-state index contributed by atoms with van der Waals surface area (Å²) in [6.45, 7) is 5.64. The van der Waals surface area contributed by atoms with E-state index >= 15 is 0 Å². The Hall–Kier alpha value is -3.81. The first-order chi connectivity index (χ1) is 20.2. The van der Waals surface area contributed by atoms with E-state index in [9.17, 15) is 0 Å². The quantitative estimate of drug-likeness (QED) is 0.294. The molecule has 0 amide bonds. The number of imidazole rings is 1. The summed E-state index contributed by atoms with van der Waals surface area (Å²) in [6.07, 6.45) is 9.38. The molecule has 41 heavy (non-hydrogen) atoms. The van der Waals surface area contributed by atoms with Crippen LogP contribution in [-0.4, -0.2) is 51.8 Å². The van der Waals surface area contributed by atoms with Crippen LogP contribution >= 0.6 is 0 Å². The molecule has 9 heteroatoms. The number of ether oxygens (including phenoxy) is 3. The van der Waals surface area contributed by atoms with E-state index in [1.807, 2.05) is 66.3 Å². The highest BCUT2D eigenvalue weighted by Gasteiger charge is 2.21. The lowest BCUT2D eigenvalue weighted by atomic mass is 10.1. The molecule has 3 aromatic heterocycles. The minimum atomic E-state index is -0.184. The molecule has 3 atom stereocenters. The highest BCUT2D eigenvalue weighted by molar-refractivity contribution is 5.59. The van der Waals surface area contributed by atoms with Crippen molar-refractivity contribution in [2.75, 3.05) is 19.8 Å². The number of pyridine rings is 1. The predicted molar refractivity (Wildman–Crippen MR) is 153 cm³/mol. The minimum Gasteiger partial charge on any atom is -0.380 e. The van der Waals surface area contributed by atoms with Crippen LogP contribution in [-0.2, 0) is 27.3 Å².